The Balaban J connectivity index is 1.81. The summed E-state index contributed by atoms with van der Waals surface area (Å²) in [6.07, 6.45) is -12.1. The first-order valence-electron chi connectivity index (χ1n) is 11.0. The molecule has 0 radical (unpaired) electrons. The molecule has 0 amide bonds. The molecular formula is C26H24F6N2O. The van der Waals surface area contributed by atoms with Crippen molar-refractivity contribution in [1.29, 1.82) is 0 Å². The lowest BCUT2D eigenvalue weighted by atomic mass is 9.96. The van der Waals surface area contributed by atoms with E-state index in [2.05, 4.69) is 0 Å². The van der Waals surface area contributed by atoms with Crippen molar-refractivity contribution in [1.82, 2.24) is 0 Å². The molecule has 1 heterocycles. The van der Waals surface area contributed by atoms with Crippen LogP contribution in [0.4, 0.5) is 37.7 Å². The highest BCUT2D eigenvalue weighted by atomic mass is 19.4. The molecule has 0 bridgehead atoms. The van der Waals surface area contributed by atoms with Crippen molar-refractivity contribution in [3.05, 3.63) is 95.1 Å². The van der Waals surface area contributed by atoms with E-state index in [1.165, 1.54) is 17.0 Å². The first-order valence-corrected chi connectivity index (χ1v) is 11.0. The number of aliphatic hydroxyl groups is 1. The van der Waals surface area contributed by atoms with Crippen LogP contribution in [0.5, 0.6) is 0 Å². The van der Waals surface area contributed by atoms with Gasteiger partial charge in [-0.05, 0) is 47.9 Å². The van der Waals surface area contributed by atoms with E-state index in [-0.39, 0.29) is 12.1 Å². The number of halogens is 6. The van der Waals surface area contributed by atoms with Crippen LogP contribution in [0.25, 0.3) is 0 Å². The van der Waals surface area contributed by atoms with E-state index >= 15 is 0 Å². The fourth-order valence-corrected chi connectivity index (χ4v) is 4.41. The highest BCUT2D eigenvalue weighted by molar-refractivity contribution is 5.75. The Kier molecular flexibility index (Phi) is 6.73. The zero-order valence-corrected chi connectivity index (χ0v) is 18.8. The summed E-state index contributed by atoms with van der Waals surface area (Å²) in [7, 11) is 0. The van der Waals surface area contributed by atoms with Crippen molar-refractivity contribution >= 4 is 11.4 Å². The molecule has 0 unspecified atom stereocenters. The summed E-state index contributed by atoms with van der Waals surface area (Å²) in [6, 6.07) is 18.3. The van der Waals surface area contributed by atoms with Crippen LogP contribution in [-0.4, -0.2) is 30.5 Å². The van der Waals surface area contributed by atoms with Crippen LogP contribution in [0.3, 0.4) is 0 Å². The van der Waals surface area contributed by atoms with Gasteiger partial charge < -0.3 is 14.9 Å². The molecule has 1 aliphatic heterocycles. The second kappa shape index (κ2) is 9.45. The maximum Gasteiger partial charge on any atom is 0.416 e. The zero-order valence-electron chi connectivity index (χ0n) is 18.8. The summed E-state index contributed by atoms with van der Waals surface area (Å²) in [5.74, 6) is 0. The van der Waals surface area contributed by atoms with Gasteiger partial charge >= 0.3 is 12.4 Å². The fraction of sp³-hybridized carbons (Fsp3) is 0.308. The van der Waals surface area contributed by atoms with Gasteiger partial charge in [-0.3, -0.25) is 0 Å². The van der Waals surface area contributed by atoms with E-state index in [0.717, 1.165) is 23.3 Å². The van der Waals surface area contributed by atoms with Gasteiger partial charge in [0.1, 0.15) is 0 Å². The Morgan fingerprint density at radius 3 is 2.20 bits per heavy atom. The van der Waals surface area contributed by atoms with Crippen molar-refractivity contribution < 1.29 is 31.4 Å². The van der Waals surface area contributed by atoms with Crippen molar-refractivity contribution in [2.75, 3.05) is 22.9 Å². The van der Waals surface area contributed by atoms with E-state index in [1.807, 2.05) is 36.1 Å². The SMILES string of the molecule is Cc1ccccc1CN1C[C@@H](c2cccc(C(F)(F)F)c2)N(C[C@@H](O)C(F)(F)F)c2ccccc21. The molecule has 0 aliphatic carbocycles. The van der Waals surface area contributed by atoms with E-state index in [9.17, 15) is 31.4 Å². The average molecular weight is 494 g/mol. The van der Waals surface area contributed by atoms with Crippen LogP contribution in [0.1, 0.15) is 28.3 Å². The Labute approximate surface area is 199 Å². The molecule has 3 aromatic carbocycles. The van der Waals surface area contributed by atoms with E-state index in [0.29, 0.717) is 17.9 Å². The minimum atomic E-state index is -4.87. The molecule has 0 spiro atoms. The number of β-amino-alcohol motifs (C(OH)–C–C–N with tert-alkyl or cyclic N) is 1. The van der Waals surface area contributed by atoms with Crippen LogP contribution in [-0.2, 0) is 12.7 Å². The Morgan fingerprint density at radius 1 is 0.886 bits per heavy atom. The lowest BCUT2D eigenvalue weighted by Crippen LogP contribution is -2.49. The van der Waals surface area contributed by atoms with E-state index < -0.39 is 36.6 Å². The number of anilines is 2. The van der Waals surface area contributed by atoms with Crippen molar-refractivity contribution in [3.63, 3.8) is 0 Å². The van der Waals surface area contributed by atoms with Crippen LogP contribution in [0, 0.1) is 6.92 Å². The second-order valence-electron chi connectivity index (χ2n) is 8.64. The topological polar surface area (TPSA) is 26.7 Å². The highest BCUT2D eigenvalue weighted by Gasteiger charge is 2.42. The zero-order chi connectivity index (χ0) is 25.4. The third kappa shape index (κ3) is 5.40. The summed E-state index contributed by atoms with van der Waals surface area (Å²) >= 11 is 0. The molecule has 9 heteroatoms. The number of fused-ring (bicyclic) bond motifs is 1. The lowest BCUT2D eigenvalue weighted by molar-refractivity contribution is -0.200. The predicted molar refractivity (Wildman–Crippen MR) is 122 cm³/mol. The maximum absolute atomic E-state index is 13.4. The number of nitrogens with zero attached hydrogens (tertiary/aromatic N) is 2. The highest BCUT2D eigenvalue weighted by Crippen LogP contribution is 2.43. The standard InChI is InChI=1S/C26H24F6N2O/c1-17-7-2-3-8-19(17)14-33-15-23(18-9-6-10-20(13-18)25(27,28)29)34(16-24(35)26(30,31)32)22-12-5-4-11-21(22)33/h2-13,23-24,35H,14-16H2,1H3/t23-,24+/m0/s1. The number of aliphatic hydroxyl groups excluding tert-OH is 1. The smallest absolute Gasteiger partial charge is 0.382 e. The molecule has 1 aliphatic rings. The number of hydrogen-bond acceptors (Lipinski definition) is 3. The van der Waals surface area contributed by atoms with Gasteiger partial charge in [0, 0.05) is 13.1 Å². The van der Waals surface area contributed by atoms with Crippen molar-refractivity contribution in [3.8, 4) is 0 Å². The summed E-state index contributed by atoms with van der Waals surface area (Å²) in [4.78, 5) is 3.32. The summed E-state index contributed by atoms with van der Waals surface area (Å²) in [5.41, 5.74) is 2.42. The fourth-order valence-electron chi connectivity index (χ4n) is 4.41. The number of hydrogen-bond donors (Lipinski definition) is 1. The monoisotopic (exact) mass is 494 g/mol. The minimum Gasteiger partial charge on any atom is -0.382 e. The summed E-state index contributed by atoms with van der Waals surface area (Å²) in [6.45, 7) is 1.70. The predicted octanol–water partition coefficient (Wildman–Crippen LogP) is 6.50. The van der Waals surface area contributed by atoms with Gasteiger partial charge in [-0.15, -0.1) is 0 Å². The van der Waals surface area contributed by atoms with Gasteiger partial charge in [0.2, 0.25) is 0 Å². The Morgan fingerprint density at radius 2 is 1.54 bits per heavy atom. The molecule has 35 heavy (non-hydrogen) atoms. The molecule has 1 N–H and O–H groups in total. The number of benzene rings is 3. The number of alkyl halides is 6. The third-order valence-corrected chi connectivity index (χ3v) is 6.27. The Hall–Kier alpha value is -3.20. The normalized spacial score (nSPS) is 17.3. The van der Waals surface area contributed by atoms with Crippen LogP contribution in [0.2, 0.25) is 0 Å². The molecule has 0 aromatic heterocycles. The van der Waals surface area contributed by atoms with E-state index in [4.69, 9.17) is 0 Å². The van der Waals surface area contributed by atoms with Gasteiger partial charge in [0.15, 0.2) is 6.10 Å². The number of aryl methyl sites for hydroxylation is 1. The van der Waals surface area contributed by atoms with Crippen LogP contribution in [0.15, 0.2) is 72.8 Å². The Bertz CT molecular complexity index is 1180. The first kappa shape index (κ1) is 24.9. The van der Waals surface area contributed by atoms with Gasteiger partial charge in [-0.25, -0.2) is 0 Å². The lowest BCUT2D eigenvalue weighted by Gasteiger charge is -2.46. The molecule has 3 aromatic rings. The number of rotatable bonds is 5. The van der Waals surface area contributed by atoms with Gasteiger partial charge in [-0.2, -0.15) is 26.3 Å². The van der Waals surface area contributed by atoms with Crippen LogP contribution >= 0.6 is 0 Å². The molecule has 4 rings (SSSR count). The largest absolute Gasteiger partial charge is 0.416 e. The molecular weight excluding hydrogens is 470 g/mol. The number of para-hydroxylation sites is 2. The van der Waals surface area contributed by atoms with Gasteiger partial charge in [0.05, 0.1) is 29.5 Å². The molecule has 2 atom stereocenters. The molecule has 3 nitrogen and oxygen atoms in total. The average Bonchev–Trinajstić information content (AvgIpc) is 2.80. The van der Waals surface area contributed by atoms with Crippen molar-refractivity contribution in [2.45, 2.75) is 38.0 Å². The molecule has 186 valence electrons. The summed E-state index contributed by atoms with van der Waals surface area (Å²) < 4.78 is 80.2. The second-order valence-corrected chi connectivity index (χ2v) is 8.64. The molecule has 0 saturated carbocycles. The van der Waals surface area contributed by atoms with E-state index in [1.54, 1.807) is 24.3 Å². The first-order chi connectivity index (χ1) is 16.4. The maximum atomic E-state index is 13.4. The minimum absolute atomic E-state index is 0.136. The third-order valence-electron chi connectivity index (χ3n) is 6.27. The van der Waals surface area contributed by atoms with Gasteiger partial charge in [0.25, 0.3) is 0 Å². The molecule has 0 saturated heterocycles. The van der Waals surface area contributed by atoms with Gasteiger partial charge in [-0.1, -0.05) is 48.5 Å². The summed E-state index contributed by atoms with van der Waals surface area (Å²) in [5, 5.41) is 9.89. The molecule has 0 fully saturated rings. The van der Waals surface area contributed by atoms with Crippen LogP contribution < -0.4 is 9.80 Å². The quantitative estimate of drug-likeness (QED) is 0.410. The van der Waals surface area contributed by atoms with Crippen molar-refractivity contribution in [2.24, 2.45) is 0 Å².